The second-order valence-corrected chi connectivity index (χ2v) is 8.31. The summed E-state index contributed by atoms with van der Waals surface area (Å²) in [4.78, 5) is 23.1. The van der Waals surface area contributed by atoms with E-state index in [1.54, 1.807) is 30.5 Å². The van der Waals surface area contributed by atoms with Crippen molar-refractivity contribution in [1.29, 1.82) is 5.26 Å². The van der Waals surface area contributed by atoms with Crippen LogP contribution in [0.5, 0.6) is 5.75 Å². The quantitative estimate of drug-likeness (QED) is 0.459. The number of nitriles is 1. The zero-order valence-electron chi connectivity index (χ0n) is 19.0. The van der Waals surface area contributed by atoms with Crippen LogP contribution in [0.2, 0.25) is 0 Å². The highest BCUT2D eigenvalue weighted by Crippen LogP contribution is 2.31. The molecule has 0 amide bonds. The van der Waals surface area contributed by atoms with Gasteiger partial charge in [-0.15, -0.1) is 0 Å². The summed E-state index contributed by atoms with van der Waals surface area (Å²) in [5.41, 5.74) is 2.39. The number of halogens is 1. The third kappa shape index (κ3) is 4.03. The number of pyridine rings is 1. The lowest BCUT2D eigenvalue weighted by atomic mass is 10.00. The molecule has 0 bridgehead atoms. The second kappa shape index (κ2) is 9.25. The number of aliphatic hydroxyl groups excluding tert-OH is 1. The second-order valence-electron chi connectivity index (χ2n) is 8.31. The number of aromatic nitrogens is 3. The Kier molecular flexibility index (Phi) is 5.99. The van der Waals surface area contributed by atoms with Crippen LogP contribution < -0.4 is 15.6 Å². The Balaban J connectivity index is 1.83. The average molecular weight is 471 g/mol. The maximum absolute atomic E-state index is 14.6. The average Bonchev–Trinajstić information content (AvgIpc) is 3.43. The predicted octanol–water partition coefficient (Wildman–Crippen LogP) is 3.38. The lowest BCUT2D eigenvalue weighted by Crippen LogP contribution is -2.29. The van der Waals surface area contributed by atoms with E-state index < -0.39 is 11.4 Å². The van der Waals surface area contributed by atoms with Gasteiger partial charge in [-0.1, -0.05) is 6.07 Å². The summed E-state index contributed by atoms with van der Waals surface area (Å²) >= 11 is 0. The number of fused-ring (bicyclic) bond motifs is 1. The van der Waals surface area contributed by atoms with E-state index in [-0.39, 0.29) is 29.3 Å². The van der Waals surface area contributed by atoms with Crippen LogP contribution in [0.4, 0.5) is 4.39 Å². The maximum atomic E-state index is 14.6. The molecule has 1 atom stereocenters. The fourth-order valence-electron chi connectivity index (χ4n) is 4.45. The molecule has 0 aliphatic carbocycles. The van der Waals surface area contributed by atoms with Gasteiger partial charge in [-0.3, -0.25) is 14.3 Å². The summed E-state index contributed by atoms with van der Waals surface area (Å²) < 4.78 is 21.1. The van der Waals surface area contributed by atoms with Crippen LogP contribution in [0.1, 0.15) is 36.0 Å². The summed E-state index contributed by atoms with van der Waals surface area (Å²) in [6.07, 6.45) is 3.28. The number of aliphatic hydroxyl groups is 1. The Bertz CT molecular complexity index is 1520. The van der Waals surface area contributed by atoms with E-state index >= 15 is 0 Å². The molecule has 176 valence electrons. The molecule has 2 N–H and O–H groups in total. The summed E-state index contributed by atoms with van der Waals surface area (Å²) in [5, 5.41) is 22.6. The van der Waals surface area contributed by atoms with Crippen molar-refractivity contribution in [2.75, 3.05) is 13.7 Å². The summed E-state index contributed by atoms with van der Waals surface area (Å²) in [6.45, 7) is 0.584. The minimum Gasteiger partial charge on any atom is -0.494 e. The molecule has 1 saturated heterocycles. The standard InChI is InChI=1S/C26H22FN5O3/c1-35-23-7-6-18(11-21(23)27)32-25(22-3-2-8-29-22)31-24-19(16-4-5-17(14-33)30-13-16)9-15(12-28)10-20(24)26(32)34/h4-7,9-11,13,22,29,33H,2-3,8,14H2,1H3. The summed E-state index contributed by atoms with van der Waals surface area (Å²) in [6, 6.07) is 12.9. The van der Waals surface area contributed by atoms with Crippen molar-refractivity contribution >= 4 is 10.9 Å². The monoisotopic (exact) mass is 471 g/mol. The zero-order chi connectivity index (χ0) is 24.5. The van der Waals surface area contributed by atoms with Crippen molar-refractivity contribution in [2.45, 2.75) is 25.5 Å². The normalized spacial score (nSPS) is 15.3. The molecule has 3 heterocycles. The first kappa shape index (κ1) is 22.7. The lowest BCUT2D eigenvalue weighted by molar-refractivity contribution is 0.277. The topological polar surface area (TPSA) is 113 Å². The Morgan fingerprint density at radius 2 is 2.14 bits per heavy atom. The van der Waals surface area contributed by atoms with Crippen molar-refractivity contribution in [3.63, 3.8) is 0 Å². The zero-order valence-corrected chi connectivity index (χ0v) is 19.0. The molecule has 1 fully saturated rings. The molecule has 1 aliphatic heterocycles. The van der Waals surface area contributed by atoms with E-state index in [0.29, 0.717) is 33.8 Å². The van der Waals surface area contributed by atoms with Crippen LogP contribution in [0, 0.1) is 17.1 Å². The molecule has 9 heteroatoms. The highest BCUT2D eigenvalue weighted by molar-refractivity contribution is 5.94. The van der Waals surface area contributed by atoms with Gasteiger partial charge in [0.25, 0.3) is 5.56 Å². The highest BCUT2D eigenvalue weighted by Gasteiger charge is 2.26. The van der Waals surface area contributed by atoms with Crippen molar-refractivity contribution in [2.24, 2.45) is 0 Å². The number of rotatable bonds is 5. The summed E-state index contributed by atoms with van der Waals surface area (Å²) in [7, 11) is 1.38. The number of benzene rings is 2. The number of nitrogens with zero attached hydrogens (tertiary/aromatic N) is 4. The largest absolute Gasteiger partial charge is 0.494 e. The molecule has 8 nitrogen and oxygen atoms in total. The van der Waals surface area contributed by atoms with Crippen molar-refractivity contribution in [3.8, 4) is 28.6 Å². The first-order valence-corrected chi connectivity index (χ1v) is 11.2. The molecule has 35 heavy (non-hydrogen) atoms. The van der Waals surface area contributed by atoms with Crippen molar-refractivity contribution < 1.29 is 14.2 Å². The lowest BCUT2D eigenvalue weighted by Gasteiger charge is -2.20. The maximum Gasteiger partial charge on any atom is 0.266 e. The van der Waals surface area contributed by atoms with Gasteiger partial charge in [-0.25, -0.2) is 9.37 Å². The van der Waals surface area contributed by atoms with E-state index in [0.717, 1.165) is 19.4 Å². The van der Waals surface area contributed by atoms with Crippen molar-refractivity contribution in [1.82, 2.24) is 19.9 Å². The molecule has 1 aliphatic rings. The predicted molar refractivity (Wildman–Crippen MR) is 128 cm³/mol. The van der Waals surface area contributed by atoms with E-state index in [4.69, 9.17) is 9.72 Å². The van der Waals surface area contributed by atoms with Crippen LogP contribution in [0.15, 0.2) is 53.5 Å². The van der Waals surface area contributed by atoms with Crippen LogP contribution in [0.3, 0.4) is 0 Å². The van der Waals surface area contributed by atoms with Crippen molar-refractivity contribution in [3.05, 3.63) is 81.9 Å². The van der Waals surface area contributed by atoms with Gasteiger partial charge in [0, 0.05) is 23.4 Å². The fraction of sp³-hybridized carbons (Fsp3) is 0.231. The molecule has 5 rings (SSSR count). The fourth-order valence-corrected chi connectivity index (χ4v) is 4.45. The molecule has 0 radical (unpaired) electrons. The molecule has 0 spiro atoms. The van der Waals surface area contributed by atoms with Crippen LogP contribution >= 0.6 is 0 Å². The number of hydrogen-bond acceptors (Lipinski definition) is 7. The van der Waals surface area contributed by atoms with E-state index in [1.165, 1.54) is 29.9 Å². The first-order chi connectivity index (χ1) is 17.0. The number of hydrogen-bond donors (Lipinski definition) is 2. The molecular formula is C26H22FN5O3. The molecular weight excluding hydrogens is 449 g/mol. The van der Waals surface area contributed by atoms with E-state index in [1.807, 2.05) is 0 Å². The summed E-state index contributed by atoms with van der Waals surface area (Å²) in [5.74, 6) is -0.0525. The Morgan fingerprint density at radius 3 is 2.77 bits per heavy atom. The Hall–Kier alpha value is -4.13. The van der Waals surface area contributed by atoms with Gasteiger partial charge >= 0.3 is 0 Å². The molecule has 1 unspecified atom stereocenters. The van der Waals surface area contributed by atoms with Gasteiger partial charge in [0.2, 0.25) is 0 Å². The minimum absolute atomic E-state index is 0.0731. The molecule has 4 aromatic rings. The first-order valence-electron chi connectivity index (χ1n) is 11.2. The van der Waals surface area contributed by atoms with Gasteiger partial charge in [-0.05, 0) is 49.7 Å². The Morgan fingerprint density at radius 1 is 1.29 bits per heavy atom. The minimum atomic E-state index is -0.594. The van der Waals surface area contributed by atoms with Gasteiger partial charge in [0.1, 0.15) is 5.82 Å². The number of ether oxygens (including phenoxy) is 1. The smallest absolute Gasteiger partial charge is 0.266 e. The van der Waals surface area contributed by atoms with Gasteiger partial charge < -0.3 is 15.2 Å². The van der Waals surface area contributed by atoms with Gasteiger partial charge in [0.05, 0.1) is 53.7 Å². The van der Waals surface area contributed by atoms with Gasteiger partial charge in [0.15, 0.2) is 11.6 Å². The number of methoxy groups -OCH3 is 1. The van der Waals surface area contributed by atoms with Crippen LogP contribution in [0.25, 0.3) is 27.7 Å². The number of nitrogens with one attached hydrogen (secondary N) is 1. The van der Waals surface area contributed by atoms with Crippen LogP contribution in [-0.2, 0) is 6.61 Å². The third-order valence-electron chi connectivity index (χ3n) is 6.19. The van der Waals surface area contributed by atoms with E-state index in [2.05, 4.69) is 16.4 Å². The SMILES string of the molecule is COc1ccc(-n2c(C3CCCN3)nc3c(-c4ccc(CO)nc4)cc(C#N)cc3c2=O)cc1F. The van der Waals surface area contributed by atoms with Crippen LogP contribution in [-0.4, -0.2) is 33.3 Å². The highest BCUT2D eigenvalue weighted by atomic mass is 19.1. The molecule has 0 saturated carbocycles. The van der Waals surface area contributed by atoms with Gasteiger partial charge in [-0.2, -0.15) is 5.26 Å². The Labute approximate surface area is 200 Å². The third-order valence-corrected chi connectivity index (χ3v) is 6.19. The van der Waals surface area contributed by atoms with E-state index in [9.17, 15) is 19.6 Å². The molecule has 2 aromatic carbocycles. The molecule has 2 aromatic heterocycles.